The summed E-state index contributed by atoms with van der Waals surface area (Å²) in [4.78, 5) is 38.1. The highest BCUT2D eigenvalue weighted by atomic mass is 16.6. The summed E-state index contributed by atoms with van der Waals surface area (Å²) in [5.74, 6) is 0.425. The molecule has 3 aliphatic carbocycles. The number of methoxy groups -OCH3 is 2. The molecule has 5 N–H and O–H groups in total. The topological polar surface area (TPSA) is 157 Å². The third-order valence-corrected chi connectivity index (χ3v) is 11.9. The van der Waals surface area contributed by atoms with Gasteiger partial charge in [0.15, 0.2) is 0 Å². The molecular formula is C44H66N2O8. The number of amides is 1. The van der Waals surface area contributed by atoms with E-state index in [1.54, 1.807) is 0 Å². The average Bonchev–Trinajstić information content (AvgIpc) is 3.19. The van der Waals surface area contributed by atoms with E-state index < -0.39 is 23.1 Å². The molecule has 10 heteroatoms. The highest BCUT2D eigenvalue weighted by Crippen LogP contribution is 2.36. The van der Waals surface area contributed by atoms with Crippen LogP contribution in [-0.2, 0) is 36.8 Å². The number of aliphatic hydroxyl groups excluding tert-OH is 2. The van der Waals surface area contributed by atoms with Gasteiger partial charge in [-0.15, -0.1) is 0 Å². The van der Waals surface area contributed by atoms with E-state index in [0.29, 0.717) is 38.0 Å². The smallest absolute Gasteiger partial charge is 0.408 e. The minimum absolute atomic E-state index is 0.114. The number of carbonyl (C=O) groups excluding carboxylic acids is 3. The molecule has 2 unspecified atom stereocenters. The lowest BCUT2D eigenvalue weighted by Crippen LogP contribution is -2.56. The monoisotopic (exact) mass is 750 g/mol. The highest BCUT2D eigenvalue weighted by molar-refractivity contribution is 5.86. The Bertz CT molecular complexity index is 1400. The van der Waals surface area contributed by atoms with Crippen molar-refractivity contribution >= 4 is 18.0 Å². The van der Waals surface area contributed by atoms with Gasteiger partial charge >= 0.3 is 18.0 Å². The summed E-state index contributed by atoms with van der Waals surface area (Å²) >= 11 is 0. The number of hydrogen-bond donors (Lipinski definition) is 4. The fourth-order valence-corrected chi connectivity index (χ4v) is 8.94. The van der Waals surface area contributed by atoms with Crippen molar-refractivity contribution in [2.24, 2.45) is 23.5 Å². The van der Waals surface area contributed by atoms with Gasteiger partial charge in [0.25, 0.3) is 0 Å². The van der Waals surface area contributed by atoms with Crippen molar-refractivity contribution in [3.8, 4) is 0 Å². The number of esters is 2. The molecule has 0 saturated heterocycles. The van der Waals surface area contributed by atoms with Gasteiger partial charge in [0, 0.05) is 0 Å². The fraction of sp³-hybridized carbons (Fsp3) is 0.659. The van der Waals surface area contributed by atoms with Gasteiger partial charge in [0.2, 0.25) is 0 Å². The standard InChI is InChI=1S/C26H33NO5.C18H33NO3/c1-31-24(29)26(16-15-20-9-4-2-5-10-20,18-22-13-8-14-23(28)17-22)27-25(30)32-19-21-11-6-3-7-12-21;1-22-17(21)18(19,11-10-14-6-3-2-4-7-14)13-15-8-5-9-16(20)12-15/h2-7,9-12,22-23,28H,8,13-19H2,1H3,(H,27,30);14-16,20H,2-13,19H2,1H3/t22-,23-,26?;15-,16-,18?/m00/s1. The molecule has 3 aliphatic rings. The van der Waals surface area contributed by atoms with Gasteiger partial charge in [-0.1, -0.05) is 118 Å². The van der Waals surface area contributed by atoms with Crippen LogP contribution in [0.5, 0.6) is 0 Å². The molecule has 10 nitrogen and oxygen atoms in total. The first-order chi connectivity index (χ1) is 26.0. The van der Waals surface area contributed by atoms with E-state index in [1.807, 2.05) is 60.7 Å². The molecule has 2 aromatic carbocycles. The van der Waals surface area contributed by atoms with Crippen LogP contribution >= 0.6 is 0 Å². The maximum atomic E-state index is 13.1. The van der Waals surface area contributed by atoms with Crippen molar-refractivity contribution in [1.82, 2.24) is 5.32 Å². The largest absolute Gasteiger partial charge is 0.468 e. The summed E-state index contributed by atoms with van der Waals surface area (Å²) in [6, 6.07) is 19.3. The van der Waals surface area contributed by atoms with E-state index in [-0.39, 0.29) is 30.7 Å². The summed E-state index contributed by atoms with van der Waals surface area (Å²) in [7, 11) is 2.77. The van der Waals surface area contributed by atoms with E-state index in [0.717, 1.165) is 74.8 Å². The quantitative estimate of drug-likeness (QED) is 0.107. The average molecular weight is 751 g/mol. The Labute approximate surface area is 322 Å². The molecule has 1 amide bonds. The van der Waals surface area contributed by atoms with E-state index in [4.69, 9.17) is 19.9 Å². The molecule has 0 radical (unpaired) electrons. The van der Waals surface area contributed by atoms with Crippen molar-refractivity contribution in [2.45, 2.75) is 152 Å². The van der Waals surface area contributed by atoms with Crippen LogP contribution in [0.25, 0.3) is 0 Å². The zero-order chi connectivity index (χ0) is 38.8. The molecule has 300 valence electrons. The van der Waals surface area contributed by atoms with Crippen molar-refractivity contribution in [3.63, 3.8) is 0 Å². The van der Waals surface area contributed by atoms with Crippen LogP contribution in [0.4, 0.5) is 4.79 Å². The number of alkyl carbamates (subject to hydrolysis) is 1. The molecule has 5 rings (SSSR count). The Hall–Kier alpha value is -3.47. The van der Waals surface area contributed by atoms with Gasteiger partial charge in [-0.25, -0.2) is 9.59 Å². The second-order valence-electron chi connectivity index (χ2n) is 16.2. The number of benzene rings is 2. The van der Waals surface area contributed by atoms with Crippen molar-refractivity contribution in [1.29, 1.82) is 0 Å². The van der Waals surface area contributed by atoms with E-state index >= 15 is 0 Å². The van der Waals surface area contributed by atoms with Gasteiger partial charge in [0.05, 0.1) is 26.4 Å². The lowest BCUT2D eigenvalue weighted by Gasteiger charge is -2.37. The molecule has 3 saturated carbocycles. The first kappa shape index (κ1) is 43.3. The lowest BCUT2D eigenvalue weighted by molar-refractivity contribution is -0.150. The van der Waals surface area contributed by atoms with Crippen molar-refractivity contribution < 1.29 is 38.8 Å². The van der Waals surface area contributed by atoms with Crippen LogP contribution < -0.4 is 11.1 Å². The van der Waals surface area contributed by atoms with Gasteiger partial charge in [-0.2, -0.15) is 0 Å². The normalized spacial score (nSPS) is 24.0. The zero-order valence-electron chi connectivity index (χ0n) is 32.7. The zero-order valence-corrected chi connectivity index (χ0v) is 32.7. The summed E-state index contributed by atoms with van der Waals surface area (Å²) in [5.41, 5.74) is 6.34. The maximum Gasteiger partial charge on any atom is 0.408 e. The Kier molecular flexibility index (Phi) is 17.8. The van der Waals surface area contributed by atoms with Crippen molar-refractivity contribution in [2.75, 3.05) is 14.2 Å². The molecule has 0 aliphatic heterocycles. The molecule has 0 aromatic heterocycles. The second-order valence-corrected chi connectivity index (χ2v) is 16.2. The van der Waals surface area contributed by atoms with Gasteiger partial charge < -0.3 is 35.5 Å². The first-order valence-corrected chi connectivity index (χ1v) is 20.4. The lowest BCUT2D eigenvalue weighted by atomic mass is 9.75. The van der Waals surface area contributed by atoms with Crippen LogP contribution in [0.2, 0.25) is 0 Å². The summed E-state index contributed by atoms with van der Waals surface area (Å²) in [6.45, 7) is 0.116. The summed E-state index contributed by atoms with van der Waals surface area (Å²) in [5, 5.41) is 22.9. The van der Waals surface area contributed by atoms with E-state index in [1.165, 1.54) is 46.3 Å². The number of aliphatic hydroxyl groups is 2. The highest BCUT2D eigenvalue weighted by Gasteiger charge is 2.44. The van der Waals surface area contributed by atoms with Crippen LogP contribution in [0.1, 0.15) is 127 Å². The number of nitrogens with one attached hydrogen (secondary N) is 1. The molecule has 6 atom stereocenters. The number of hydrogen-bond acceptors (Lipinski definition) is 9. The third kappa shape index (κ3) is 14.0. The van der Waals surface area contributed by atoms with Gasteiger partial charge in [0.1, 0.15) is 17.7 Å². The fourth-order valence-electron chi connectivity index (χ4n) is 8.94. The molecule has 54 heavy (non-hydrogen) atoms. The Balaban J connectivity index is 0.000000258. The summed E-state index contributed by atoms with van der Waals surface area (Å²) < 4.78 is 15.6. The van der Waals surface area contributed by atoms with E-state index in [2.05, 4.69) is 5.32 Å². The maximum absolute atomic E-state index is 13.1. The van der Waals surface area contributed by atoms with Gasteiger partial charge in [-0.3, -0.25) is 4.79 Å². The second kappa shape index (κ2) is 22.2. The van der Waals surface area contributed by atoms with Crippen LogP contribution in [0, 0.1) is 17.8 Å². The number of carbonyl (C=O) groups is 3. The number of aryl methyl sites for hydroxylation is 1. The predicted molar refractivity (Wildman–Crippen MR) is 209 cm³/mol. The molecule has 0 heterocycles. The predicted octanol–water partition coefficient (Wildman–Crippen LogP) is 7.56. The SMILES string of the molecule is COC(=O)C(CCc1ccccc1)(C[C@H]1CCC[C@H](O)C1)NC(=O)OCc1ccccc1.COC(=O)C(N)(CCC1CCCCC1)C[C@H]1CCC[C@H](O)C1. The summed E-state index contributed by atoms with van der Waals surface area (Å²) in [6.07, 6.45) is 16.0. The molecular weight excluding hydrogens is 684 g/mol. The Morgan fingerprint density at radius 2 is 1.22 bits per heavy atom. The Morgan fingerprint density at radius 1 is 0.685 bits per heavy atom. The van der Waals surface area contributed by atoms with Crippen LogP contribution in [0.3, 0.4) is 0 Å². The van der Waals surface area contributed by atoms with Crippen LogP contribution in [0.15, 0.2) is 60.7 Å². The minimum Gasteiger partial charge on any atom is -0.468 e. The van der Waals surface area contributed by atoms with Crippen molar-refractivity contribution in [3.05, 3.63) is 71.8 Å². The first-order valence-electron chi connectivity index (χ1n) is 20.4. The molecule has 3 fully saturated rings. The Morgan fingerprint density at radius 3 is 1.78 bits per heavy atom. The number of rotatable bonds is 15. The minimum atomic E-state index is -1.22. The third-order valence-electron chi connectivity index (χ3n) is 11.9. The number of ether oxygens (including phenoxy) is 3. The van der Waals surface area contributed by atoms with Gasteiger partial charge in [-0.05, 0) is 93.1 Å². The molecule has 0 bridgehead atoms. The number of nitrogens with two attached hydrogens (primary N) is 1. The molecule has 2 aromatic rings. The molecule has 0 spiro atoms. The van der Waals surface area contributed by atoms with E-state index in [9.17, 15) is 24.6 Å². The van der Waals surface area contributed by atoms with Crippen LogP contribution in [-0.4, -0.2) is 65.8 Å².